The van der Waals surface area contributed by atoms with Crippen LogP contribution in [0.25, 0.3) is 10.9 Å². The monoisotopic (exact) mass is 512 g/mol. The van der Waals surface area contributed by atoms with E-state index in [2.05, 4.69) is 10.3 Å². The van der Waals surface area contributed by atoms with E-state index in [0.717, 1.165) is 10.9 Å². The summed E-state index contributed by atoms with van der Waals surface area (Å²) in [6.07, 6.45) is -4.73. The number of carbonyl (C=O) groups is 1. The molecule has 5 nitrogen and oxygen atoms in total. The van der Waals surface area contributed by atoms with Crippen molar-refractivity contribution >= 4 is 34.1 Å². The van der Waals surface area contributed by atoms with Gasteiger partial charge in [-0.3, -0.25) is 4.79 Å². The number of amides is 1. The Kier molecular flexibility index (Phi) is 6.40. The maximum Gasteiger partial charge on any atom is 0.418 e. The summed E-state index contributed by atoms with van der Waals surface area (Å²) in [5.74, 6) is -1.85. The predicted octanol–water partition coefficient (Wildman–Crippen LogP) is 5.53. The first-order valence-electron chi connectivity index (χ1n) is 11.6. The lowest BCUT2D eigenvalue weighted by Crippen LogP contribution is -2.44. The molecule has 1 aliphatic heterocycles. The summed E-state index contributed by atoms with van der Waals surface area (Å²) in [4.78, 5) is 17.5. The lowest BCUT2D eigenvalue weighted by Gasteiger charge is -2.34. The normalized spacial score (nSPS) is 15.3. The molecule has 36 heavy (non-hydrogen) atoms. The van der Waals surface area contributed by atoms with Crippen molar-refractivity contribution in [1.82, 2.24) is 10.3 Å². The van der Waals surface area contributed by atoms with Crippen molar-refractivity contribution in [3.05, 3.63) is 99.7 Å². The number of benzene rings is 3. The number of carbonyl (C=O) groups excluding carboxylic acids is 1. The summed E-state index contributed by atoms with van der Waals surface area (Å²) in [6, 6.07) is 18.6. The lowest BCUT2D eigenvalue weighted by atomic mass is 9.81. The number of aromatic nitrogens is 1. The quantitative estimate of drug-likeness (QED) is 0.329. The van der Waals surface area contributed by atoms with Crippen molar-refractivity contribution in [2.24, 2.45) is 5.73 Å². The second-order valence-corrected chi connectivity index (χ2v) is 9.26. The molecule has 1 aromatic heterocycles. The van der Waals surface area contributed by atoms with Gasteiger partial charge in [-0.2, -0.15) is 13.2 Å². The number of fused-ring (bicyclic) bond motifs is 1. The Labute approximate surface area is 211 Å². The number of H-pyrrole nitrogens is 1. The number of hydrogen-bond donors (Lipinski definition) is 3. The minimum Gasteiger partial charge on any atom is -0.368 e. The van der Waals surface area contributed by atoms with Gasteiger partial charge in [0.1, 0.15) is 0 Å². The second-order valence-electron chi connectivity index (χ2n) is 8.82. The van der Waals surface area contributed by atoms with E-state index < -0.39 is 23.6 Å². The molecule has 0 aliphatic carbocycles. The molecule has 186 valence electrons. The van der Waals surface area contributed by atoms with Crippen LogP contribution >= 0.6 is 11.6 Å². The van der Waals surface area contributed by atoms with Gasteiger partial charge in [-0.25, -0.2) is 0 Å². The molecule has 0 radical (unpaired) electrons. The fourth-order valence-corrected chi connectivity index (χ4v) is 5.20. The van der Waals surface area contributed by atoms with Crippen LogP contribution in [0.15, 0.2) is 66.7 Å². The third kappa shape index (κ3) is 4.54. The number of nitrogens with zero attached hydrogens (tertiary/aromatic N) is 1. The van der Waals surface area contributed by atoms with E-state index >= 15 is 0 Å². The molecule has 1 aliphatic rings. The fraction of sp³-hybridized carbons (Fsp3) is 0.222. The number of aromatic amines is 1. The summed E-state index contributed by atoms with van der Waals surface area (Å²) in [7, 11) is 0. The molecule has 0 spiro atoms. The van der Waals surface area contributed by atoms with Crippen molar-refractivity contribution < 1.29 is 18.0 Å². The molecule has 1 unspecified atom stereocenters. The van der Waals surface area contributed by atoms with Gasteiger partial charge in [0.25, 0.3) is 0 Å². The first-order chi connectivity index (χ1) is 17.2. The van der Waals surface area contributed by atoms with Crippen LogP contribution in [0.5, 0.6) is 0 Å². The van der Waals surface area contributed by atoms with Gasteiger partial charge in [-0.05, 0) is 47.5 Å². The van der Waals surface area contributed by atoms with Crippen molar-refractivity contribution in [2.75, 3.05) is 31.1 Å². The van der Waals surface area contributed by atoms with Crippen LogP contribution in [-0.4, -0.2) is 37.1 Å². The Morgan fingerprint density at radius 1 is 1.00 bits per heavy atom. The molecule has 0 saturated carbocycles. The van der Waals surface area contributed by atoms with Gasteiger partial charge in [0, 0.05) is 59.0 Å². The van der Waals surface area contributed by atoms with Crippen LogP contribution in [0, 0.1) is 0 Å². The Morgan fingerprint density at radius 3 is 2.39 bits per heavy atom. The third-order valence-corrected chi connectivity index (χ3v) is 6.80. The topological polar surface area (TPSA) is 74.2 Å². The number of alkyl halides is 3. The third-order valence-electron chi connectivity index (χ3n) is 6.57. The molecule has 5 rings (SSSR count). The molecule has 1 saturated heterocycles. The Hall–Kier alpha value is -3.49. The maximum absolute atomic E-state index is 14.9. The van der Waals surface area contributed by atoms with E-state index in [1.807, 2.05) is 0 Å². The highest BCUT2D eigenvalue weighted by atomic mass is 35.5. The summed E-state index contributed by atoms with van der Waals surface area (Å²) in [6.45, 7) is 1.96. The molecular weight excluding hydrogens is 489 g/mol. The largest absolute Gasteiger partial charge is 0.418 e. The number of primary amides is 1. The van der Waals surface area contributed by atoms with Crippen molar-refractivity contribution in [3.8, 4) is 0 Å². The fourth-order valence-electron chi connectivity index (χ4n) is 5.02. The van der Waals surface area contributed by atoms with Gasteiger partial charge in [-0.15, -0.1) is 0 Å². The van der Waals surface area contributed by atoms with Crippen LogP contribution < -0.4 is 16.0 Å². The first-order valence-corrected chi connectivity index (χ1v) is 11.9. The van der Waals surface area contributed by atoms with E-state index in [4.69, 9.17) is 17.3 Å². The Bertz CT molecular complexity index is 1410. The number of halogens is 4. The van der Waals surface area contributed by atoms with Crippen molar-refractivity contribution in [3.63, 3.8) is 0 Å². The molecule has 4 aromatic rings. The van der Waals surface area contributed by atoms with E-state index in [1.54, 1.807) is 59.5 Å². The van der Waals surface area contributed by atoms with Gasteiger partial charge in [0.2, 0.25) is 5.91 Å². The van der Waals surface area contributed by atoms with E-state index in [0.29, 0.717) is 42.5 Å². The number of hydrogen-bond acceptors (Lipinski definition) is 3. The summed E-state index contributed by atoms with van der Waals surface area (Å²) >= 11 is 6.17. The van der Waals surface area contributed by atoms with Crippen LogP contribution in [0.2, 0.25) is 5.02 Å². The number of nitrogens with two attached hydrogens (primary N) is 1. The minimum atomic E-state index is -4.73. The zero-order valence-corrected chi connectivity index (χ0v) is 20.0. The SMILES string of the molecule is NC(=O)c1ccc(N2CCNCC2)c(C(F)(F)F)c1C(c1ccccc1)c1cc2cc(Cl)ccc2[nH]1. The molecule has 1 atom stereocenters. The van der Waals surface area contributed by atoms with E-state index in [1.165, 1.54) is 12.1 Å². The zero-order valence-electron chi connectivity index (χ0n) is 19.2. The smallest absolute Gasteiger partial charge is 0.368 e. The van der Waals surface area contributed by atoms with E-state index in [9.17, 15) is 18.0 Å². The zero-order chi connectivity index (χ0) is 25.4. The predicted molar refractivity (Wildman–Crippen MR) is 136 cm³/mol. The minimum absolute atomic E-state index is 0.0455. The molecule has 1 fully saturated rings. The van der Waals surface area contributed by atoms with Gasteiger partial charge < -0.3 is 20.9 Å². The average Bonchev–Trinajstić information content (AvgIpc) is 3.26. The molecule has 1 amide bonds. The molecular formula is C27H24ClF3N4O. The number of rotatable bonds is 5. The first kappa shape index (κ1) is 24.2. The maximum atomic E-state index is 14.9. The molecule has 3 aromatic carbocycles. The van der Waals surface area contributed by atoms with Crippen LogP contribution in [0.1, 0.15) is 38.7 Å². The summed E-state index contributed by atoms with van der Waals surface area (Å²) in [5.41, 5.74) is 6.40. The van der Waals surface area contributed by atoms with Crippen LogP contribution in [0.3, 0.4) is 0 Å². The van der Waals surface area contributed by atoms with Crippen LogP contribution in [0.4, 0.5) is 18.9 Å². The van der Waals surface area contributed by atoms with Gasteiger partial charge in [0.05, 0.1) is 11.5 Å². The number of anilines is 1. The standard InChI is InChI=1S/C27H24ClF3N4O/c28-18-6-8-20-17(14-18)15-21(34-20)23(16-4-2-1-3-5-16)24-19(26(32)36)7-9-22(25(24)27(29,30)31)35-12-10-33-11-13-35/h1-9,14-15,23,33-34H,10-13H2,(H2,32,36). The van der Waals surface area contributed by atoms with Gasteiger partial charge >= 0.3 is 6.18 Å². The highest BCUT2D eigenvalue weighted by Crippen LogP contribution is 2.47. The van der Waals surface area contributed by atoms with Gasteiger partial charge in [0.15, 0.2) is 0 Å². The molecule has 2 heterocycles. The summed E-state index contributed by atoms with van der Waals surface area (Å²) < 4.78 is 44.8. The Morgan fingerprint density at radius 2 is 1.72 bits per heavy atom. The second kappa shape index (κ2) is 9.52. The highest BCUT2D eigenvalue weighted by molar-refractivity contribution is 6.31. The Balaban J connectivity index is 1.84. The van der Waals surface area contributed by atoms with Crippen LogP contribution in [-0.2, 0) is 6.18 Å². The lowest BCUT2D eigenvalue weighted by molar-refractivity contribution is -0.137. The molecule has 9 heteroatoms. The number of piperazine rings is 1. The summed E-state index contributed by atoms with van der Waals surface area (Å²) in [5, 5.41) is 4.44. The highest BCUT2D eigenvalue weighted by Gasteiger charge is 2.42. The van der Waals surface area contributed by atoms with Crippen molar-refractivity contribution in [1.29, 1.82) is 0 Å². The average molecular weight is 513 g/mol. The molecule has 4 N–H and O–H groups in total. The number of nitrogens with one attached hydrogen (secondary N) is 2. The van der Waals surface area contributed by atoms with Crippen molar-refractivity contribution in [2.45, 2.75) is 12.1 Å². The van der Waals surface area contributed by atoms with E-state index in [-0.39, 0.29) is 16.8 Å². The molecule has 0 bridgehead atoms. The van der Waals surface area contributed by atoms with Gasteiger partial charge in [-0.1, -0.05) is 41.9 Å².